The Hall–Kier alpha value is -3.32. The molecule has 1 heterocycles. The molecule has 0 aliphatic carbocycles. The van der Waals surface area contributed by atoms with Gasteiger partial charge in [-0.25, -0.2) is 4.98 Å². The zero-order valence-electron chi connectivity index (χ0n) is 14.6. The normalized spacial score (nSPS) is 10.3. The van der Waals surface area contributed by atoms with E-state index in [9.17, 15) is 14.4 Å². The molecule has 6 nitrogen and oxygen atoms in total. The maximum atomic E-state index is 12.1. The predicted molar refractivity (Wildman–Crippen MR) is 105 cm³/mol. The van der Waals surface area contributed by atoms with E-state index in [-0.39, 0.29) is 18.2 Å². The van der Waals surface area contributed by atoms with E-state index in [1.165, 1.54) is 6.92 Å². The molecule has 2 N–H and O–H groups in total. The predicted octanol–water partition coefficient (Wildman–Crippen LogP) is 3.38. The van der Waals surface area contributed by atoms with Gasteiger partial charge in [0.2, 0.25) is 5.91 Å². The third kappa shape index (κ3) is 4.65. The number of Topliss-reactive ketones (excluding diaryl/α,β-unsaturated/α-hetero) is 1. The first-order chi connectivity index (χ1) is 13.0. The van der Waals surface area contributed by atoms with Gasteiger partial charge in [-0.2, -0.15) is 0 Å². The molecule has 0 aliphatic rings. The third-order valence-electron chi connectivity index (χ3n) is 3.69. The van der Waals surface area contributed by atoms with Crippen LogP contribution in [0.5, 0.6) is 0 Å². The lowest BCUT2D eigenvalue weighted by molar-refractivity contribution is -0.115. The van der Waals surface area contributed by atoms with Crippen LogP contribution in [0.1, 0.15) is 27.0 Å². The molecule has 0 saturated heterocycles. The minimum absolute atomic E-state index is 0.121. The number of anilines is 1. The summed E-state index contributed by atoms with van der Waals surface area (Å²) in [6, 6.07) is 17.9. The molecule has 3 aromatic rings. The molecule has 2 amide bonds. The fourth-order valence-electron chi connectivity index (χ4n) is 2.42. The number of carbonyl (C=O) groups is 3. The molecule has 0 spiro atoms. The molecule has 0 saturated carbocycles. The maximum Gasteiger partial charge on any atom is 0.251 e. The molecule has 1 aromatic heterocycles. The van der Waals surface area contributed by atoms with Crippen molar-refractivity contribution >= 4 is 34.1 Å². The highest BCUT2D eigenvalue weighted by Gasteiger charge is 2.18. The van der Waals surface area contributed by atoms with E-state index in [0.29, 0.717) is 21.3 Å². The molecule has 7 heteroatoms. The maximum absolute atomic E-state index is 12.1. The Labute approximate surface area is 160 Å². The number of nitrogens with one attached hydrogen (secondary N) is 2. The number of carbonyl (C=O) groups excluding carboxylic acids is 3. The van der Waals surface area contributed by atoms with Crippen LogP contribution in [0.2, 0.25) is 0 Å². The van der Waals surface area contributed by atoms with Gasteiger partial charge in [0.15, 0.2) is 10.9 Å². The number of aromatic nitrogens is 1. The number of rotatable bonds is 6. The van der Waals surface area contributed by atoms with E-state index in [0.717, 1.165) is 16.9 Å². The van der Waals surface area contributed by atoms with Crippen molar-refractivity contribution in [2.45, 2.75) is 6.92 Å². The lowest BCUT2D eigenvalue weighted by atomic mass is 10.1. The number of hydrogen-bond acceptors (Lipinski definition) is 5. The highest BCUT2D eigenvalue weighted by molar-refractivity contribution is 7.18. The van der Waals surface area contributed by atoms with E-state index in [2.05, 4.69) is 15.6 Å². The minimum atomic E-state index is -0.414. The summed E-state index contributed by atoms with van der Waals surface area (Å²) in [6.45, 7) is 1.27. The molecule has 0 fully saturated rings. The molecule has 0 atom stereocenters. The van der Waals surface area contributed by atoms with Crippen LogP contribution in [0.25, 0.3) is 11.3 Å². The molecule has 27 heavy (non-hydrogen) atoms. The van der Waals surface area contributed by atoms with Gasteiger partial charge >= 0.3 is 0 Å². The van der Waals surface area contributed by atoms with Gasteiger partial charge in [0.1, 0.15) is 0 Å². The van der Waals surface area contributed by atoms with E-state index in [1.807, 2.05) is 36.4 Å². The molecule has 136 valence electrons. The number of amides is 2. The summed E-state index contributed by atoms with van der Waals surface area (Å²) >= 11 is 1.12. The largest absolute Gasteiger partial charge is 0.343 e. The summed E-state index contributed by atoms with van der Waals surface area (Å²) in [7, 11) is 0. The molecule has 0 aliphatic heterocycles. The van der Waals surface area contributed by atoms with Gasteiger partial charge < -0.3 is 10.6 Å². The van der Waals surface area contributed by atoms with E-state index in [4.69, 9.17) is 0 Å². The van der Waals surface area contributed by atoms with Crippen molar-refractivity contribution in [2.75, 3.05) is 11.9 Å². The van der Waals surface area contributed by atoms with E-state index >= 15 is 0 Å². The van der Waals surface area contributed by atoms with Crippen LogP contribution in [-0.2, 0) is 4.79 Å². The Morgan fingerprint density at radius 3 is 2.22 bits per heavy atom. The van der Waals surface area contributed by atoms with Gasteiger partial charge in [-0.05, 0) is 12.1 Å². The average molecular weight is 379 g/mol. The minimum Gasteiger partial charge on any atom is -0.343 e. The highest BCUT2D eigenvalue weighted by Crippen LogP contribution is 2.31. The molecule has 0 bridgehead atoms. The lowest BCUT2D eigenvalue weighted by Gasteiger charge is -2.04. The summed E-state index contributed by atoms with van der Waals surface area (Å²) < 4.78 is 0. The molecule has 0 radical (unpaired) electrons. The standard InChI is InChI=1S/C20H17N3O3S/c1-13(24)18-17(14-8-4-2-5-9-14)23-20(27-18)22-16(25)12-21-19(26)15-10-6-3-7-11-15/h2-11H,12H2,1H3,(H,21,26)(H,22,23,25). The molecule has 2 aromatic carbocycles. The van der Waals surface area contributed by atoms with Crippen LogP contribution in [0.4, 0.5) is 5.13 Å². The summed E-state index contributed by atoms with van der Waals surface area (Å²) in [5.41, 5.74) is 1.82. The Bertz CT molecular complexity index is 969. The lowest BCUT2D eigenvalue weighted by Crippen LogP contribution is -2.32. The average Bonchev–Trinajstić information content (AvgIpc) is 3.11. The van der Waals surface area contributed by atoms with Crippen molar-refractivity contribution in [2.24, 2.45) is 0 Å². The van der Waals surface area contributed by atoms with Gasteiger partial charge in [-0.1, -0.05) is 59.9 Å². The Balaban J connectivity index is 1.68. The Morgan fingerprint density at radius 1 is 0.963 bits per heavy atom. The molecule has 0 unspecified atom stereocenters. The van der Waals surface area contributed by atoms with Gasteiger partial charge in [-0.15, -0.1) is 0 Å². The van der Waals surface area contributed by atoms with E-state index in [1.54, 1.807) is 24.3 Å². The zero-order chi connectivity index (χ0) is 19.2. The van der Waals surface area contributed by atoms with Crippen LogP contribution in [0, 0.1) is 0 Å². The number of benzene rings is 2. The Kier molecular flexibility index (Phi) is 5.73. The second kappa shape index (κ2) is 8.37. The second-order valence-corrected chi connectivity index (χ2v) is 6.71. The topological polar surface area (TPSA) is 88.2 Å². The van der Waals surface area contributed by atoms with Crippen LogP contribution in [-0.4, -0.2) is 29.1 Å². The quantitative estimate of drug-likeness (QED) is 0.643. The molecular weight excluding hydrogens is 362 g/mol. The second-order valence-electron chi connectivity index (χ2n) is 5.72. The summed E-state index contributed by atoms with van der Waals surface area (Å²) in [5, 5.41) is 5.51. The van der Waals surface area contributed by atoms with Crippen molar-refractivity contribution in [1.29, 1.82) is 0 Å². The van der Waals surface area contributed by atoms with Crippen LogP contribution in [0.3, 0.4) is 0 Å². The summed E-state index contributed by atoms with van der Waals surface area (Å²) in [4.78, 5) is 40.9. The zero-order valence-corrected chi connectivity index (χ0v) is 15.4. The molecular formula is C20H17N3O3S. The van der Waals surface area contributed by atoms with Gasteiger partial charge in [0, 0.05) is 18.1 Å². The van der Waals surface area contributed by atoms with Crippen molar-refractivity contribution in [3.05, 3.63) is 71.1 Å². The number of nitrogens with zero attached hydrogens (tertiary/aromatic N) is 1. The van der Waals surface area contributed by atoms with Crippen LogP contribution < -0.4 is 10.6 Å². The highest BCUT2D eigenvalue weighted by atomic mass is 32.1. The number of thiazole rings is 1. The molecule has 3 rings (SSSR count). The van der Waals surface area contributed by atoms with Gasteiger partial charge in [0.05, 0.1) is 17.1 Å². The number of ketones is 1. The van der Waals surface area contributed by atoms with Crippen molar-refractivity contribution in [3.63, 3.8) is 0 Å². The summed E-state index contributed by atoms with van der Waals surface area (Å²) in [5.74, 6) is -0.869. The smallest absolute Gasteiger partial charge is 0.251 e. The third-order valence-corrected chi connectivity index (χ3v) is 4.76. The van der Waals surface area contributed by atoms with Crippen molar-refractivity contribution in [1.82, 2.24) is 10.3 Å². The van der Waals surface area contributed by atoms with Crippen molar-refractivity contribution in [3.8, 4) is 11.3 Å². The van der Waals surface area contributed by atoms with Gasteiger partial charge in [0.25, 0.3) is 5.91 Å². The fourth-order valence-corrected chi connectivity index (χ4v) is 3.32. The first kappa shape index (κ1) is 18.5. The van der Waals surface area contributed by atoms with E-state index < -0.39 is 5.91 Å². The fraction of sp³-hybridized carbons (Fsp3) is 0.100. The van der Waals surface area contributed by atoms with Crippen LogP contribution in [0.15, 0.2) is 60.7 Å². The Morgan fingerprint density at radius 2 is 1.59 bits per heavy atom. The van der Waals surface area contributed by atoms with Crippen LogP contribution >= 0.6 is 11.3 Å². The first-order valence-electron chi connectivity index (χ1n) is 8.25. The number of hydrogen-bond donors (Lipinski definition) is 2. The van der Waals surface area contributed by atoms with Gasteiger partial charge in [-0.3, -0.25) is 14.4 Å². The first-order valence-corrected chi connectivity index (χ1v) is 9.06. The van der Waals surface area contributed by atoms with Crippen molar-refractivity contribution < 1.29 is 14.4 Å². The SMILES string of the molecule is CC(=O)c1sc(NC(=O)CNC(=O)c2ccccc2)nc1-c1ccccc1. The monoisotopic (exact) mass is 379 g/mol. The summed E-state index contributed by atoms with van der Waals surface area (Å²) in [6.07, 6.45) is 0.